The summed E-state index contributed by atoms with van der Waals surface area (Å²) in [5, 5.41) is 9.36. The van der Waals surface area contributed by atoms with E-state index in [1.54, 1.807) is 0 Å². The summed E-state index contributed by atoms with van der Waals surface area (Å²) >= 11 is 0. The van der Waals surface area contributed by atoms with Crippen molar-refractivity contribution in [1.82, 2.24) is 0 Å². The van der Waals surface area contributed by atoms with Gasteiger partial charge in [0.1, 0.15) is 0 Å². The van der Waals surface area contributed by atoms with Crippen molar-refractivity contribution in [2.75, 3.05) is 0 Å². The maximum Gasteiger partial charge on any atom is 0.311 e. The van der Waals surface area contributed by atoms with Gasteiger partial charge in [0.2, 0.25) is 0 Å². The Labute approximate surface area is 96.3 Å². The maximum atomic E-state index is 11.4. The molecule has 1 fully saturated rings. The van der Waals surface area contributed by atoms with Crippen LogP contribution < -0.4 is 0 Å². The Balaban J connectivity index is 2.48. The van der Waals surface area contributed by atoms with Crippen molar-refractivity contribution in [2.45, 2.75) is 39.5 Å². The van der Waals surface area contributed by atoms with Crippen LogP contribution in [0.2, 0.25) is 0 Å². The largest absolute Gasteiger partial charge is 0.481 e. The molecule has 16 heavy (non-hydrogen) atoms. The molecular weight excluding hydrogens is 200 g/mol. The molecule has 0 amide bonds. The monoisotopic (exact) mass is 218 g/mol. The molecule has 2 rings (SSSR count). The molecule has 1 aliphatic rings. The second-order valence-corrected chi connectivity index (χ2v) is 4.97. The quantitative estimate of drug-likeness (QED) is 0.846. The number of aryl methyl sites for hydroxylation is 3. The molecule has 2 heteroatoms. The molecule has 0 radical (unpaired) electrons. The van der Waals surface area contributed by atoms with E-state index < -0.39 is 5.97 Å². The molecule has 1 unspecified atom stereocenters. The van der Waals surface area contributed by atoms with Crippen LogP contribution in [0.25, 0.3) is 0 Å². The lowest BCUT2D eigenvalue weighted by Crippen LogP contribution is -2.16. The van der Waals surface area contributed by atoms with Crippen LogP contribution in [-0.2, 0) is 4.79 Å². The van der Waals surface area contributed by atoms with Gasteiger partial charge in [-0.05, 0) is 56.2 Å². The molecule has 1 saturated carbocycles. The van der Waals surface area contributed by atoms with Crippen molar-refractivity contribution in [3.05, 3.63) is 34.4 Å². The lowest BCUT2D eigenvalue weighted by atomic mass is 9.86. The highest BCUT2D eigenvalue weighted by atomic mass is 16.4. The third-order valence-electron chi connectivity index (χ3n) is 3.41. The lowest BCUT2D eigenvalue weighted by molar-refractivity contribution is -0.139. The van der Waals surface area contributed by atoms with Gasteiger partial charge in [0.25, 0.3) is 0 Å². The van der Waals surface area contributed by atoms with Crippen LogP contribution in [0.3, 0.4) is 0 Å². The highest BCUT2D eigenvalue weighted by Crippen LogP contribution is 2.44. The minimum absolute atomic E-state index is 0.291. The number of rotatable bonds is 3. The summed E-state index contributed by atoms with van der Waals surface area (Å²) in [6, 6.07) is 4.17. The summed E-state index contributed by atoms with van der Waals surface area (Å²) in [4.78, 5) is 11.4. The van der Waals surface area contributed by atoms with E-state index in [-0.39, 0.29) is 5.92 Å². The first-order valence-corrected chi connectivity index (χ1v) is 5.81. The van der Waals surface area contributed by atoms with E-state index in [2.05, 4.69) is 19.1 Å². The zero-order valence-corrected chi connectivity index (χ0v) is 10.1. The Morgan fingerprint density at radius 3 is 2.12 bits per heavy atom. The van der Waals surface area contributed by atoms with E-state index in [1.807, 2.05) is 13.8 Å². The Kier molecular flexibility index (Phi) is 2.75. The molecule has 1 aromatic carbocycles. The molecule has 0 bridgehead atoms. The molecule has 0 spiro atoms. The highest BCUT2D eigenvalue weighted by molar-refractivity contribution is 5.78. The predicted molar refractivity (Wildman–Crippen MR) is 63.8 cm³/mol. The third-order valence-corrected chi connectivity index (χ3v) is 3.41. The number of benzene rings is 1. The van der Waals surface area contributed by atoms with Gasteiger partial charge in [-0.25, -0.2) is 0 Å². The molecule has 0 aromatic heterocycles. The fourth-order valence-corrected chi connectivity index (χ4v) is 2.67. The second-order valence-electron chi connectivity index (χ2n) is 4.97. The van der Waals surface area contributed by atoms with Gasteiger partial charge >= 0.3 is 5.97 Å². The van der Waals surface area contributed by atoms with Crippen molar-refractivity contribution < 1.29 is 9.90 Å². The molecule has 1 aliphatic carbocycles. The zero-order valence-electron chi connectivity index (χ0n) is 10.1. The summed E-state index contributed by atoms with van der Waals surface area (Å²) in [5.41, 5.74) is 4.49. The van der Waals surface area contributed by atoms with E-state index in [0.717, 1.165) is 29.5 Å². The molecule has 1 aromatic rings. The molecule has 0 heterocycles. The van der Waals surface area contributed by atoms with Gasteiger partial charge in [-0.2, -0.15) is 0 Å². The normalized spacial score (nSPS) is 17.2. The van der Waals surface area contributed by atoms with Crippen LogP contribution in [0.4, 0.5) is 0 Å². The van der Waals surface area contributed by atoms with Crippen molar-refractivity contribution in [3.8, 4) is 0 Å². The van der Waals surface area contributed by atoms with E-state index in [0.29, 0.717) is 5.92 Å². The topological polar surface area (TPSA) is 37.3 Å². The van der Waals surface area contributed by atoms with Gasteiger partial charge in [-0.1, -0.05) is 17.7 Å². The van der Waals surface area contributed by atoms with Crippen LogP contribution in [0.15, 0.2) is 12.1 Å². The third kappa shape index (κ3) is 1.97. The number of carbonyl (C=O) groups is 1. The van der Waals surface area contributed by atoms with Crippen LogP contribution in [-0.4, -0.2) is 11.1 Å². The Morgan fingerprint density at radius 2 is 1.75 bits per heavy atom. The Morgan fingerprint density at radius 1 is 1.25 bits per heavy atom. The number of carboxylic acids is 1. The van der Waals surface area contributed by atoms with Gasteiger partial charge in [-0.15, -0.1) is 0 Å². The van der Waals surface area contributed by atoms with E-state index >= 15 is 0 Å². The van der Waals surface area contributed by atoms with Crippen molar-refractivity contribution in [1.29, 1.82) is 0 Å². The predicted octanol–water partition coefficient (Wildman–Crippen LogP) is 3.19. The number of aliphatic carboxylic acids is 1. The van der Waals surface area contributed by atoms with Gasteiger partial charge in [0.15, 0.2) is 0 Å². The molecule has 0 aliphatic heterocycles. The first-order valence-electron chi connectivity index (χ1n) is 5.81. The van der Waals surface area contributed by atoms with Crippen LogP contribution in [0, 0.1) is 26.7 Å². The van der Waals surface area contributed by atoms with Crippen molar-refractivity contribution >= 4 is 5.97 Å². The summed E-state index contributed by atoms with van der Waals surface area (Å²) in [6.45, 7) is 6.10. The molecule has 1 N–H and O–H groups in total. The average molecular weight is 218 g/mol. The summed E-state index contributed by atoms with van der Waals surface area (Å²) in [5.74, 6) is -0.601. The first kappa shape index (κ1) is 11.2. The SMILES string of the molecule is Cc1cc(C)c(C(C(=O)O)C2CC2)c(C)c1. The standard InChI is InChI=1S/C14H18O2/c1-8-6-9(2)12(10(3)7-8)13(14(15)16)11-4-5-11/h6-7,11,13H,4-5H2,1-3H3,(H,15,16). The van der Waals surface area contributed by atoms with E-state index in [1.165, 1.54) is 5.56 Å². The maximum absolute atomic E-state index is 11.4. The van der Waals surface area contributed by atoms with Crippen LogP contribution in [0.1, 0.15) is 41.0 Å². The minimum Gasteiger partial charge on any atom is -0.481 e. The van der Waals surface area contributed by atoms with Crippen LogP contribution >= 0.6 is 0 Å². The Hall–Kier alpha value is -1.31. The fraction of sp³-hybridized carbons (Fsp3) is 0.500. The van der Waals surface area contributed by atoms with E-state index in [9.17, 15) is 9.90 Å². The van der Waals surface area contributed by atoms with Crippen molar-refractivity contribution in [2.24, 2.45) is 5.92 Å². The smallest absolute Gasteiger partial charge is 0.311 e. The van der Waals surface area contributed by atoms with E-state index in [4.69, 9.17) is 0 Å². The van der Waals surface area contributed by atoms with Crippen molar-refractivity contribution in [3.63, 3.8) is 0 Å². The summed E-state index contributed by atoms with van der Waals surface area (Å²) < 4.78 is 0. The number of carboxylic acid groups (broad SMARTS) is 1. The lowest BCUT2D eigenvalue weighted by Gasteiger charge is -2.18. The molecule has 86 valence electrons. The highest BCUT2D eigenvalue weighted by Gasteiger charge is 2.38. The molecule has 0 saturated heterocycles. The number of hydrogen-bond acceptors (Lipinski definition) is 1. The molecule has 2 nitrogen and oxygen atoms in total. The van der Waals surface area contributed by atoms with Crippen LogP contribution in [0.5, 0.6) is 0 Å². The van der Waals surface area contributed by atoms with Gasteiger partial charge in [0, 0.05) is 0 Å². The number of hydrogen-bond donors (Lipinski definition) is 1. The van der Waals surface area contributed by atoms with Gasteiger partial charge < -0.3 is 5.11 Å². The average Bonchev–Trinajstić information content (AvgIpc) is 2.93. The Bertz CT molecular complexity index is 407. The van der Waals surface area contributed by atoms with Gasteiger partial charge in [-0.3, -0.25) is 4.79 Å². The summed E-state index contributed by atoms with van der Waals surface area (Å²) in [6.07, 6.45) is 2.12. The molecular formula is C14H18O2. The summed E-state index contributed by atoms with van der Waals surface area (Å²) in [7, 11) is 0. The van der Waals surface area contributed by atoms with Gasteiger partial charge in [0.05, 0.1) is 5.92 Å². The minimum atomic E-state index is -0.669. The molecule has 1 atom stereocenters. The fourth-order valence-electron chi connectivity index (χ4n) is 2.67. The second kappa shape index (κ2) is 3.93. The zero-order chi connectivity index (χ0) is 11.9. The first-order chi connectivity index (χ1) is 7.50.